The summed E-state index contributed by atoms with van der Waals surface area (Å²) >= 11 is 0. The number of aliphatic hydroxyl groups excluding tert-OH is 1. The van der Waals surface area contributed by atoms with Gasteiger partial charge in [0.2, 0.25) is 0 Å². The molecule has 0 fully saturated rings. The van der Waals surface area contributed by atoms with Gasteiger partial charge >= 0.3 is 0 Å². The minimum atomic E-state index is -0.434. The maximum atomic E-state index is 8.96. The Bertz CT molecular complexity index is 160. The zero-order valence-electron chi connectivity index (χ0n) is 6.62. The molecule has 3 nitrogen and oxygen atoms in total. The normalized spacial score (nSPS) is 12.1. The largest absolute Gasteiger partial charge is 0.392 e. The Morgan fingerprint density at radius 3 is 2.64 bits per heavy atom. The Morgan fingerprint density at radius 1 is 1.64 bits per heavy atom. The van der Waals surface area contributed by atoms with Crippen molar-refractivity contribution in [2.45, 2.75) is 13.0 Å². The van der Waals surface area contributed by atoms with Gasteiger partial charge in [-0.2, -0.15) is 5.26 Å². The van der Waals surface area contributed by atoms with E-state index in [9.17, 15) is 0 Å². The van der Waals surface area contributed by atoms with E-state index in [0.29, 0.717) is 13.1 Å². The van der Waals surface area contributed by atoms with E-state index in [0.717, 1.165) is 0 Å². The average molecular weight is 152 g/mol. The summed E-state index contributed by atoms with van der Waals surface area (Å²) in [5.74, 6) is 2.42. The number of nitriles is 1. The van der Waals surface area contributed by atoms with E-state index in [2.05, 4.69) is 5.92 Å². The van der Waals surface area contributed by atoms with Crippen LogP contribution in [0, 0.1) is 23.7 Å². The molecule has 11 heavy (non-hydrogen) atoms. The molecule has 0 aromatic heterocycles. The van der Waals surface area contributed by atoms with E-state index in [1.54, 1.807) is 11.8 Å². The second kappa shape index (κ2) is 5.73. The highest BCUT2D eigenvalue weighted by Gasteiger charge is 2.04. The van der Waals surface area contributed by atoms with Gasteiger partial charge in [0.25, 0.3) is 0 Å². The molecular weight excluding hydrogens is 140 g/mol. The van der Waals surface area contributed by atoms with Crippen LogP contribution in [0.2, 0.25) is 0 Å². The topological polar surface area (TPSA) is 47.3 Å². The summed E-state index contributed by atoms with van der Waals surface area (Å²) in [4.78, 5) is 1.71. The van der Waals surface area contributed by atoms with Crippen molar-refractivity contribution in [3.8, 4) is 18.4 Å². The van der Waals surface area contributed by atoms with E-state index in [1.165, 1.54) is 0 Å². The highest BCUT2D eigenvalue weighted by molar-refractivity contribution is 4.91. The van der Waals surface area contributed by atoms with Gasteiger partial charge in [0.1, 0.15) is 0 Å². The number of hydrogen-bond donors (Lipinski definition) is 1. The first kappa shape index (κ1) is 9.97. The fourth-order valence-corrected chi connectivity index (χ4v) is 0.788. The van der Waals surface area contributed by atoms with Gasteiger partial charge in [-0.15, -0.1) is 6.42 Å². The first-order valence-electron chi connectivity index (χ1n) is 3.41. The zero-order valence-corrected chi connectivity index (χ0v) is 6.62. The van der Waals surface area contributed by atoms with Gasteiger partial charge in [0, 0.05) is 6.54 Å². The van der Waals surface area contributed by atoms with Crippen molar-refractivity contribution in [2.24, 2.45) is 0 Å². The fraction of sp³-hybridized carbons (Fsp3) is 0.625. The van der Waals surface area contributed by atoms with Crippen molar-refractivity contribution >= 4 is 0 Å². The molecule has 0 saturated carbocycles. The van der Waals surface area contributed by atoms with E-state index in [4.69, 9.17) is 16.8 Å². The van der Waals surface area contributed by atoms with Crippen molar-refractivity contribution in [2.75, 3.05) is 19.6 Å². The quantitative estimate of drug-likeness (QED) is 0.449. The number of aliphatic hydroxyl groups is 1. The number of rotatable bonds is 4. The third kappa shape index (κ3) is 5.42. The molecule has 0 aliphatic rings. The number of terminal acetylenes is 1. The predicted molar refractivity (Wildman–Crippen MR) is 42.6 cm³/mol. The first-order chi connectivity index (χ1) is 5.20. The van der Waals surface area contributed by atoms with Crippen molar-refractivity contribution in [1.29, 1.82) is 5.26 Å². The second-order valence-corrected chi connectivity index (χ2v) is 2.38. The van der Waals surface area contributed by atoms with Gasteiger partial charge in [-0.05, 0) is 6.92 Å². The molecule has 0 radical (unpaired) electrons. The molecule has 0 heterocycles. The second-order valence-electron chi connectivity index (χ2n) is 2.38. The van der Waals surface area contributed by atoms with Gasteiger partial charge in [0.15, 0.2) is 0 Å². The van der Waals surface area contributed by atoms with Crippen LogP contribution >= 0.6 is 0 Å². The number of nitrogens with zero attached hydrogens (tertiary/aromatic N) is 2. The van der Waals surface area contributed by atoms with Gasteiger partial charge in [0.05, 0.1) is 25.3 Å². The molecule has 0 bridgehead atoms. The van der Waals surface area contributed by atoms with Crippen LogP contribution in [0.15, 0.2) is 0 Å². The van der Waals surface area contributed by atoms with Gasteiger partial charge in [-0.25, -0.2) is 0 Å². The van der Waals surface area contributed by atoms with Crippen LogP contribution in [0.3, 0.4) is 0 Å². The van der Waals surface area contributed by atoms with E-state index < -0.39 is 6.10 Å². The molecule has 0 rings (SSSR count). The van der Waals surface area contributed by atoms with Crippen molar-refractivity contribution in [3.05, 3.63) is 0 Å². The molecule has 0 amide bonds. The third-order valence-electron chi connectivity index (χ3n) is 1.13. The highest BCUT2D eigenvalue weighted by atomic mass is 16.3. The maximum absolute atomic E-state index is 8.96. The molecule has 1 unspecified atom stereocenters. The molecule has 1 atom stereocenters. The minimum absolute atomic E-state index is 0.273. The minimum Gasteiger partial charge on any atom is -0.392 e. The molecule has 0 aliphatic heterocycles. The molecule has 1 N–H and O–H groups in total. The fourth-order valence-electron chi connectivity index (χ4n) is 0.788. The summed E-state index contributed by atoms with van der Waals surface area (Å²) in [6, 6.07) is 1.98. The van der Waals surface area contributed by atoms with Gasteiger partial charge < -0.3 is 5.11 Å². The van der Waals surface area contributed by atoms with Crippen molar-refractivity contribution in [3.63, 3.8) is 0 Å². The van der Waals surface area contributed by atoms with Crippen LogP contribution in [0.1, 0.15) is 6.92 Å². The lowest BCUT2D eigenvalue weighted by atomic mass is 10.3. The standard InChI is InChI=1S/C8H12N2O/c1-3-5-10(6-4-9)7-8(2)11/h1,8,11H,5-7H2,2H3. The van der Waals surface area contributed by atoms with Crippen LogP contribution in [-0.2, 0) is 0 Å². The first-order valence-corrected chi connectivity index (χ1v) is 3.41. The van der Waals surface area contributed by atoms with Crippen LogP contribution in [0.25, 0.3) is 0 Å². The average Bonchev–Trinajstić information content (AvgIpc) is 1.87. The molecule has 0 aromatic carbocycles. The smallest absolute Gasteiger partial charge is 0.0874 e. The Balaban J connectivity index is 3.73. The lowest BCUT2D eigenvalue weighted by Gasteiger charge is -2.16. The van der Waals surface area contributed by atoms with E-state index in [1.807, 2.05) is 6.07 Å². The SMILES string of the molecule is C#CCN(CC#N)CC(C)O. The van der Waals surface area contributed by atoms with Crippen molar-refractivity contribution in [1.82, 2.24) is 4.90 Å². The third-order valence-corrected chi connectivity index (χ3v) is 1.13. The lowest BCUT2D eigenvalue weighted by Crippen LogP contribution is -2.31. The van der Waals surface area contributed by atoms with E-state index in [-0.39, 0.29) is 6.54 Å². The maximum Gasteiger partial charge on any atom is 0.0874 e. The number of hydrogen-bond acceptors (Lipinski definition) is 3. The molecule has 60 valence electrons. The summed E-state index contributed by atoms with van der Waals surface area (Å²) in [5, 5.41) is 17.3. The monoisotopic (exact) mass is 152 g/mol. The molecule has 0 saturated heterocycles. The molecule has 3 heteroatoms. The molecular formula is C8H12N2O. The Hall–Kier alpha value is -1.03. The van der Waals surface area contributed by atoms with Crippen LogP contribution in [-0.4, -0.2) is 35.7 Å². The molecule has 0 spiro atoms. The van der Waals surface area contributed by atoms with Crippen LogP contribution in [0.4, 0.5) is 0 Å². The summed E-state index contributed by atoms with van der Waals surface area (Å²) in [6.45, 7) is 2.81. The Kier molecular flexibility index (Phi) is 5.20. The Labute approximate surface area is 67.2 Å². The summed E-state index contributed by atoms with van der Waals surface area (Å²) in [6.07, 6.45) is 4.62. The predicted octanol–water partition coefficient (Wildman–Crippen LogP) is -0.174. The lowest BCUT2D eigenvalue weighted by molar-refractivity contribution is 0.142. The summed E-state index contributed by atoms with van der Waals surface area (Å²) in [5.41, 5.74) is 0. The zero-order chi connectivity index (χ0) is 8.69. The van der Waals surface area contributed by atoms with Crippen LogP contribution in [0.5, 0.6) is 0 Å². The Morgan fingerprint density at radius 2 is 2.27 bits per heavy atom. The summed E-state index contributed by atoms with van der Waals surface area (Å²) < 4.78 is 0. The van der Waals surface area contributed by atoms with Gasteiger partial charge in [-0.1, -0.05) is 5.92 Å². The van der Waals surface area contributed by atoms with Crippen molar-refractivity contribution < 1.29 is 5.11 Å². The van der Waals surface area contributed by atoms with Gasteiger partial charge in [-0.3, -0.25) is 4.90 Å². The molecule has 0 aliphatic carbocycles. The highest BCUT2D eigenvalue weighted by Crippen LogP contribution is 1.89. The summed E-state index contributed by atoms with van der Waals surface area (Å²) in [7, 11) is 0. The van der Waals surface area contributed by atoms with E-state index >= 15 is 0 Å². The van der Waals surface area contributed by atoms with Crippen LogP contribution < -0.4 is 0 Å². The molecule has 0 aromatic rings.